The van der Waals surface area contributed by atoms with Crippen LogP contribution in [-0.2, 0) is 14.8 Å². The van der Waals surface area contributed by atoms with Crippen LogP contribution in [0.25, 0.3) is 10.6 Å². The van der Waals surface area contributed by atoms with Crippen molar-refractivity contribution in [2.75, 3.05) is 25.6 Å². The van der Waals surface area contributed by atoms with E-state index in [0.29, 0.717) is 26.2 Å². The number of nitrogens with zero attached hydrogens (tertiary/aromatic N) is 1. The number of nitrogens with one attached hydrogen (secondary N) is 1. The fourth-order valence-electron chi connectivity index (χ4n) is 2.69. The third-order valence-corrected chi connectivity index (χ3v) is 6.43. The summed E-state index contributed by atoms with van der Waals surface area (Å²) in [6.07, 6.45) is 2.45. The van der Waals surface area contributed by atoms with Crippen molar-refractivity contribution in [2.45, 2.75) is 19.4 Å². The summed E-state index contributed by atoms with van der Waals surface area (Å²) in [6.45, 7) is 3.11. The molecule has 1 saturated heterocycles. The molecule has 1 fully saturated rings. The van der Waals surface area contributed by atoms with Gasteiger partial charge in [-0.3, -0.25) is 0 Å². The molecule has 0 bridgehead atoms. The molecular weight excluding hydrogens is 360 g/mol. The highest BCUT2D eigenvalue weighted by atomic mass is 32.2. The summed E-state index contributed by atoms with van der Waals surface area (Å²) in [4.78, 5) is 4.28. The van der Waals surface area contributed by atoms with E-state index < -0.39 is 10.0 Å². The molecule has 25 heavy (non-hydrogen) atoms. The largest absolute Gasteiger partial charge is 0.493 e. The first kappa shape index (κ1) is 18.3. The van der Waals surface area contributed by atoms with Crippen LogP contribution in [0.4, 0.5) is 0 Å². The Labute approximate surface area is 152 Å². The molecule has 1 aromatic heterocycles. The number of sulfonamides is 1. The Morgan fingerprint density at radius 1 is 1.36 bits per heavy atom. The molecule has 0 spiro atoms. The molecular formula is C17H22N2O4S2. The van der Waals surface area contributed by atoms with E-state index in [1.807, 2.05) is 29.6 Å². The van der Waals surface area contributed by atoms with Crippen molar-refractivity contribution in [3.8, 4) is 16.3 Å². The minimum absolute atomic E-state index is 0.00582. The van der Waals surface area contributed by atoms with E-state index in [0.717, 1.165) is 16.3 Å². The van der Waals surface area contributed by atoms with Crippen molar-refractivity contribution in [2.24, 2.45) is 5.92 Å². The van der Waals surface area contributed by atoms with Crippen molar-refractivity contribution < 1.29 is 17.9 Å². The van der Waals surface area contributed by atoms with Crippen LogP contribution in [0.1, 0.15) is 13.3 Å². The molecule has 0 saturated carbocycles. The highest BCUT2D eigenvalue weighted by Crippen LogP contribution is 2.25. The van der Waals surface area contributed by atoms with E-state index >= 15 is 0 Å². The molecule has 0 radical (unpaired) electrons. The average molecular weight is 383 g/mol. The lowest BCUT2D eigenvalue weighted by atomic mass is 9.98. The van der Waals surface area contributed by atoms with Crippen molar-refractivity contribution in [3.05, 3.63) is 35.8 Å². The number of benzene rings is 1. The van der Waals surface area contributed by atoms with Gasteiger partial charge in [0.1, 0.15) is 10.8 Å². The van der Waals surface area contributed by atoms with Gasteiger partial charge in [0, 0.05) is 35.7 Å². The first-order valence-electron chi connectivity index (χ1n) is 8.28. The standard InChI is InChI=1S/C17H22N2O4S2/c1-2-25(20,21)19-16-7-9-22-11-14(16)12-23-15-5-3-13(4-6-15)17-18-8-10-24-17/h3-6,8,10,14,16,19H,2,7,9,11-12H2,1H3. The zero-order valence-corrected chi connectivity index (χ0v) is 15.7. The van der Waals surface area contributed by atoms with E-state index in [1.54, 1.807) is 24.5 Å². The zero-order valence-electron chi connectivity index (χ0n) is 14.1. The molecule has 1 aliphatic rings. The Hall–Kier alpha value is -1.48. The minimum Gasteiger partial charge on any atom is -0.493 e. The van der Waals surface area contributed by atoms with Crippen LogP contribution in [-0.4, -0.2) is 45.0 Å². The van der Waals surface area contributed by atoms with Gasteiger partial charge in [0.05, 0.1) is 19.0 Å². The van der Waals surface area contributed by atoms with Gasteiger partial charge >= 0.3 is 0 Å². The van der Waals surface area contributed by atoms with Crippen LogP contribution in [0, 0.1) is 5.92 Å². The fraction of sp³-hybridized carbons (Fsp3) is 0.471. The second-order valence-electron chi connectivity index (χ2n) is 5.92. The van der Waals surface area contributed by atoms with Crippen molar-refractivity contribution >= 4 is 21.4 Å². The van der Waals surface area contributed by atoms with E-state index in [-0.39, 0.29) is 17.7 Å². The summed E-state index contributed by atoms with van der Waals surface area (Å²) >= 11 is 1.59. The third kappa shape index (κ3) is 5.01. The molecule has 6 nitrogen and oxygen atoms in total. The number of thiazole rings is 1. The monoisotopic (exact) mass is 382 g/mol. The van der Waals surface area contributed by atoms with Crippen LogP contribution in [0.3, 0.4) is 0 Å². The average Bonchev–Trinajstić information content (AvgIpc) is 3.16. The number of ether oxygens (including phenoxy) is 2. The normalized spacial score (nSPS) is 21.2. The van der Waals surface area contributed by atoms with Crippen LogP contribution >= 0.6 is 11.3 Å². The van der Waals surface area contributed by atoms with Gasteiger partial charge in [-0.2, -0.15) is 0 Å². The SMILES string of the molecule is CCS(=O)(=O)NC1CCOCC1COc1ccc(-c2nccs2)cc1. The molecule has 2 atom stereocenters. The highest BCUT2D eigenvalue weighted by Gasteiger charge is 2.29. The molecule has 8 heteroatoms. The quantitative estimate of drug-likeness (QED) is 0.796. The summed E-state index contributed by atoms with van der Waals surface area (Å²) in [5, 5.41) is 2.92. The number of hydrogen-bond acceptors (Lipinski definition) is 6. The first-order chi connectivity index (χ1) is 12.1. The van der Waals surface area contributed by atoms with Crippen molar-refractivity contribution in [1.82, 2.24) is 9.71 Å². The van der Waals surface area contributed by atoms with Gasteiger partial charge in [0.15, 0.2) is 0 Å². The molecule has 1 aromatic carbocycles. The number of rotatable bonds is 7. The lowest BCUT2D eigenvalue weighted by molar-refractivity contribution is 0.0186. The summed E-state index contributed by atoms with van der Waals surface area (Å²) in [7, 11) is -3.23. The third-order valence-electron chi connectivity index (χ3n) is 4.18. The van der Waals surface area contributed by atoms with Gasteiger partial charge in [-0.25, -0.2) is 18.1 Å². The van der Waals surface area contributed by atoms with E-state index in [9.17, 15) is 8.42 Å². The fourth-order valence-corrected chi connectivity index (χ4v) is 4.28. The maximum absolute atomic E-state index is 11.8. The van der Waals surface area contributed by atoms with E-state index in [2.05, 4.69) is 9.71 Å². The number of hydrogen-bond donors (Lipinski definition) is 1. The predicted molar refractivity (Wildman–Crippen MR) is 98.4 cm³/mol. The Kier molecular flexibility index (Phi) is 6.06. The minimum atomic E-state index is -3.23. The second-order valence-corrected chi connectivity index (χ2v) is 8.86. The Bertz CT molecular complexity index is 760. The molecule has 0 aliphatic carbocycles. The van der Waals surface area contributed by atoms with Gasteiger partial charge in [-0.1, -0.05) is 0 Å². The Morgan fingerprint density at radius 2 is 2.16 bits per heavy atom. The smallest absolute Gasteiger partial charge is 0.211 e. The summed E-state index contributed by atoms with van der Waals surface area (Å²) in [6, 6.07) is 7.62. The van der Waals surface area contributed by atoms with E-state index in [1.165, 1.54) is 0 Å². The predicted octanol–water partition coefficient (Wildman–Crippen LogP) is 2.53. The molecule has 3 rings (SSSR count). The maximum atomic E-state index is 11.8. The van der Waals surface area contributed by atoms with E-state index in [4.69, 9.17) is 9.47 Å². The van der Waals surface area contributed by atoms with Crippen molar-refractivity contribution in [1.29, 1.82) is 0 Å². The van der Waals surface area contributed by atoms with Gasteiger partial charge < -0.3 is 9.47 Å². The Morgan fingerprint density at radius 3 is 2.84 bits per heavy atom. The first-order valence-corrected chi connectivity index (χ1v) is 10.8. The molecule has 136 valence electrons. The van der Waals surface area contributed by atoms with Crippen LogP contribution in [0.5, 0.6) is 5.75 Å². The lowest BCUT2D eigenvalue weighted by Crippen LogP contribution is -2.47. The van der Waals surface area contributed by atoms with Gasteiger partial charge in [0.2, 0.25) is 10.0 Å². The molecule has 0 amide bonds. The van der Waals surface area contributed by atoms with Crippen LogP contribution in [0.15, 0.2) is 35.8 Å². The topological polar surface area (TPSA) is 77.5 Å². The van der Waals surface area contributed by atoms with Crippen molar-refractivity contribution in [3.63, 3.8) is 0 Å². The van der Waals surface area contributed by atoms with Crippen LogP contribution < -0.4 is 9.46 Å². The maximum Gasteiger partial charge on any atom is 0.211 e. The molecule has 2 aromatic rings. The zero-order chi connectivity index (χ0) is 17.7. The van der Waals surface area contributed by atoms with Gasteiger partial charge in [0.25, 0.3) is 0 Å². The number of aromatic nitrogens is 1. The molecule has 1 aliphatic heterocycles. The summed E-state index contributed by atoms with van der Waals surface area (Å²) in [5.41, 5.74) is 1.05. The van der Waals surface area contributed by atoms with Gasteiger partial charge in [-0.15, -0.1) is 11.3 Å². The van der Waals surface area contributed by atoms with Crippen LogP contribution in [0.2, 0.25) is 0 Å². The lowest BCUT2D eigenvalue weighted by Gasteiger charge is -2.31. The second kappa shape index (κ2) is 8.27. The van der Waals surface area contributed by atoms with Gasteiger partial charge in [-0.05, 0) is 37.6 Å². The Balaban J connectivity index is 1.59. The molecule has 2 unspecified atom stereocenters. The summed E-state index contributed by atoms with van der Waals surface area (Å²) < 4.78 is 37.8. The summed E-state index contributed by atoms with van der Waals surface area (Å²) in [5.74, 6) is 0.826. The molecule has 1 N–H and O–H groups in total. The molecule has 2 heterocycles. The highest BCUT2D eigenvalue weighted by molar-refractivity contribution is 7.89.